The minimum absolute atomic E-state index is 0.0181. The lowest BCUT2D eigenvalue weighted by atomic mass is 9.62. The lowest BCUT2D eigenvalue weighted by Crippen LogP contribution is -2.47. The fraction of sp³-hybridized carbons (Fsp3) is 0.611. The molecule has 0 bridgehead atoms. The van der Waals surface area contributed by atoms with Crippen LogP contribution in [0.4, 0.5) is 24.8 Å². The van der Waals surface area contributed by atoms with E-state index in [1.165, 1.54) is 23.8 Å². The molecule has 9 nitrogen and oxygen atoms in total. The van der Waals surface area contributed by atoms with Gasteiger partial charge in [0, 0.05) is 49.6 Å². The van der Waals surface area contributed by atoms with Gasteiger partial charge in [-0.1, -0.05) is 13.3 Å². The minimum atomic E-state index is -4.59. The lowest BCUT2D eigenvalue weighted by molar-refractivity contribution is -0.138. The van der Waals surface area contributed by atoms with Crippen LogP contribution in [-0.2, 0) is 38.1 Å². The zero-order chi connectivity index (χ0) is 33.7. The first-order valence-corrected chi connectivity index (χ1v) is 17.5. The molecule has 1 saturated heterocycles. The summed E-state index contributed by atoms with van der Waals surface area (Å²) >= 11 is 0. The van der Waals surface area contributed by atoms with Crippen molar-refractivity contribution in [3.8, 4) is 0 Å². The number of hydrogen-bond acceptors (Lipinski definition) is 7. The number of piperidine rings is 1. The van der Waals surface area contributed by atoms with E-state index in [9.17, 15) is 18.0 Å². The third-order valence-corrected chi connectivity index (χ3v) is 11.5. The Morgan fingerprint density at radius 2 is 1.79 bits per heavy atom. The number of hydrogen-bond donors (Lipinski definition) is 2. The zero-order valence-corrected chi connectivity index (χ0v) is 28.3. The normalized spacial score (nSPS) is 20.8. The summed E-state index contributed by atoms with van der Waals surface area (Å²) in [5, 5.41) is 15.4. The van der Waals surface area contributed by atoms with Gasteiger partial charge in [0.15, 0.2) is 0 Å². The van der Waals surface area contributed by atoms with Crippen LogP contribution in [0, 0.1) is 5.92 Å². The maximum absolute atomic E-state index is 14.5. The molecule has 7 rings (SSSR count). The van der Waals surface area contributed by atoms with E-state index < -0.39 is 17.6 Å². The molecule has 258 valence electrons. The number of aryl methyl sites for hydroxylation is 1. The van der Waals surface area contributed by atoms with Crippen LogP contribution >= 0.6 is 0 Å². The van der Waals surface area contributed by atoms with E-state index in [1.807, 2.05) is 17.7 Å². The molecule has 3 aromatic rings. The Labute approximate surface area is 280 Å². The number of anilines is 2. The van der Waals surface area contributed by atoms with Crippen LogP contribution in [0.15, 0.2) is 30.6 Å². The summed E-state index contributed by atoms with van der Waals surface area (Å²) in [6.45, 7) is 8.20. The molecule has 2 saturated carbocycles. The Hall–Kier alpha value is -3.51. The number of fused-ring (bicyclic) bond motifs is 1. The molecular weight excluding hydrogens is 617 g/mol. The summed E-state index contributed by atoms with van der Waals surface area (Å²) in [5.74, 6) is 2.19. The van der Waals surface area contributed by atoms with Gasteiger partial charge >= 0.3 is 6.18 Å². The van der Waals surface area contributed by atoms with Crippen molar-refractivity contribution in [2.24, 2.45) is 13.0 Å². The van der Waals surface area contributed by atoms with Gasteiger partial charge in [0.2, 0.25) is 0 Å². The summed E-state index contributed by atoms with van der Waals surface area (Å²) in [4.78, 5) is 22.8. The maximum Gasteiger partial charge on any atom is 0.416 e. The van der Waals surface area contributed by atoms with Gasteiger partial charge in [-0.2, -0.15) is 13.2 Å². The molecule has 1 amide bonds. The molecule has 0 atom stereocenters. The zero-order valence-electron chi connectivity index (χ0n) is 28.3. The van der Waals surface area contributed by atoms with Crippen LogP contribution in [0.25, 0.3) is 0 Å². The SMILES string of the molecule is CC1CCN(CCNc2cc(C3(Cc4nncn4C)CCC3)cc(N3Cc4c(cc(CNC5(C)CCC5)cc4C(F)(F)F)C3=O)n2)CC1. The van der Waals surface area contributed by atoms with Gasteiger partial charge in [0.1, 0.15) is 23.8 Å². The average molecular weight is 665 g/mol. The number of nitrogens with one attached hydrogen (secondary N) is 2. The number of carbonyl (C=O) groups is 1. The van der Waals surface area contributed by atoms with Crippen LogP contribution in [-0.4, -0.2) is 62.3 Å². The first kappa shape index (κ1) is 33.0. The number of alkyl halides is 3. The second-order valence-electron chi connectivity index (χ2n) is 15.0. The van der Waals surface area contributed by atoms with Crippen molar-refractivity contribution >= 4 is 17.5 Å². The van der Waals surface area contributed by atoms with E-state index in [0.717, 1.165) is 75.5 Å². The lowest BCUT2D eigenvalue weighted by Gasteiger charge is -2.42. The van der Waals surface area contributed by atoms with Gasteiger partial charge < -0.3 is 20.1 Å². The second kappa shape index (κ2) is 12.7. The van der Waals surface area contributed by atoms with E-state index in [4.69, 9.17) is 4.98 Å². The third-order valence-electron chi connectivity index (χ3n) is 11.5. The fourth-order valence-electron chi connectivity index (χ4n) is 7.83. The predicted octanol–water partition coefficient (Wildman–Crippen LogP) is 6.23. The van der Waals surface area contributed by atoms with Crippen LogP contribution in [0.1, 0.15) is 104 Å². The van der Waals surface area contributed by atoms with E-state index in [0.29, 0.717) is 30.2 Å². The van der Waals surface area contributed by atoms with Crippen molar-refractivity contribution in [1.82, 2.24) is 30.0 Å². The molecule has 1 aromatic carbocycles. The molecule has 2 aromatic heterocycles. The maximum atomic E-state index is 14.5. The number of rotatable bonds is 11. The Balaban J connectivity index is 1.20. The highest BCUT2D eigenvalue weighted by Gasteiger charge is 2.43. The van der Waals surface area contributed by atoms with Crippen molar-refractivity contribution in [1.29, 1.82) is 0 Å². The quantitative estimate of drug-likeness (QED) is 0.251. The second-order valence-corrected chi connectivity index (χ2v) is 15.0. The van der Waals surface area contributed by atoms with Crippen LogP contribution in [0.3, 0.4) is 0 Å². The predicted molar refractivity (Wildman–Crippen MR) is 179 cm³/mol. The highest BCUT2D eigenvalue weighted by Crippen LogP contribution is 2.48. The molecule has 0 unspecified atom stereocenters. The van der Waals surface area contributed by atoms with Crippen molar-refractivity contribution in [2.45, 2.75) is 102 Å². The third kappa shape index (κ3) is 6.57. The summed E-state index contributed by atoms with van der Waals surface area (Å²) in [5.41, 5.74) is 0.585. The van der Waals surface area contributed by atoms with E-state index in [-0.39, 0.29) is 35.2 Å². The molecule has 48 heavy (non-hydrogen) atoms. The number of nitrogens with zero attached hydrogens (tertiary/aromatic N) is 6. The summed E-state index contributed by atoms with van der Waals surface area (Å²) in [6.07, 6.45) is 6.20. The molecule has 0 radical (unpaired) electrons. The van der Waals surface area contributed by atoms with Crippen LogP contribution in [0.2, 0.25) is 0 Å². The molecular formula is C36H47F3N8O. The van der Waals surface area contributed by atoms with Gasteiger partial charge in [-0.05, 0) is 112 Å². The molecule has 4 heterocycles. The van der Waals surface area contributed by atoms with Crippen molar-refractivity contribution in [3.63, 3.8) is 0 Å². The molecule has 2 N–H and O–H groups in total. The number of benzene rings is 1. The van der Waals surface area contributed by atoms with Gasteiger partial charge in [-0.3, -0.25) is 9.69 Å². The van der Waals surface area contributed by atoms with Gasteiger partial charge in [-0.15, -0.1) is 10.2 Å². The van der Waals surface area contributed by atoms with E-state index in [1.54, 1.807) is 12.4 Å². The Morgan fingerprint density at radius 3 is 2.42 bits per heavy atom. The number of pyridine rings is 1. The first-order chi connectivity index (χ1) is 22.9. The molecule has 12 heteroatoms. The molecule has 0 spiro atoms. The number of halogens is 3. The number of carbonyl (C=O) groups excluding carboxylic acids is 1. The summed E-state index contributed by atoms with van der Waals surface area (Å²) in [7, 11) is 1.93. The largest absolute Gasteiger partial charge is 0.416 e. The highest BCUT2D eigenvalue weighted by atomic mass is 19.4. The Bertz CT molecular complexity index is 1650. The molecule has 2 aliphatic heterocycles. The van der Waals surface area contributed by atoms with Crippen LogP contribution in [0.5, 0.6) is 0 Å². The van der Waals surface area contributed by atoms with E-state index in [2.05, 4.69) is 45.6 Å². The van der Waals surface area contributed by atoms with Crippen molar-refractivity contribution in [2.75, 3.05) is 36.4 Å². The topological polar surface area (TPSA) is 91.2 Å². The fourth-order valence-corrected chi connectivity index (χ4v) is 7.83. The highest BCUT2D eigenvalue weighted by molar-refractivity contribution is 6.10. The average Bonchev–Trinajstić information content (AvgIpc) is 3.58. The standard InChI is InChI=1S/C36H47F3N8O/c1-24-6-13-46(14-7-24)15-12-40-30-18-26(35(10-5-11-35)20-32-44-42-23-45(32)3)19-31(43-30)47-22-28-27(33(47)48)16-25(17-29(28)36(37,38)39)21-41-34(2)8-4-9-34/h16-19,23-24,41H,4-15,20-22H2,1-3H3,(H,40,43). The number of amides is 1. The summed E-state index contributed by atoms with van der Waals surface area (Å²) in [6, 6.07) is 6.85. The first-order valence-electron chi connectivity index (χ1n) is 17.5. The Kier molecular flexibility index (Phi) is 8.76. The monoisotopic (exact) mass is 664 g/mol. The smallest absolute Gasteiger partial charge is 0.369 e. The van der Waals surface area contributed by atoms with Gasteiger partial charge in [0.05, 0.1) is 12.1 Å². The Morgan fingerprint density at radius 1 is 1.04 bits per heavy atom. The van der Waals surface area contributed by atoms with Crippen molar-refractivity contribution < 1.29 is 18.0 Å². The summed E-state index contributed by atoms with van der Waals surface area (Å²) < 4.78 is 45.4. The van der Waals surface area contributed by atoms with Crippen molar-refractivity contribution in [3.05, 3.63) is 64.2 Å². The number of aromatic nitrogens is 4. The van der Waals surface area contributed by atoms with Gasteiger partial charge in [0.25, 0.3) is 5.91 Å². The molecule has 4 aliphatic rings. The van der Waals surface area contributed by atoms with E-state index >= 15 is 0 Å². The minimum Gasteiger partial charge on any atom is -0.369 e. The molecule has 3 fully saturated rings. The number of likely N-dealkylation sites (tertiary alicyclic amines) is 1. The van der Waals surface area contributed by atoms with Gasteiger partial charge in [-0.25, -0.2) is 4.98 Å². The van der Waals surface area contributed by atoms with Crippen LogP contribution < -0.4 is 15.5 Å². The molecule has 2 aliphatic carbocycles.